The van der Waals surface area contributed by atoms with E-state index in [0.717, 1.165) is 51.4 Å². The predicted molar refractivity (Wildman–Crippen MR) is 228 cm³/mol. The molecule has 1 fully saturated rings. The van der Waals surface area contributed by atoms with Gasteiger partial charge in [-0.15, -0.1) is 0 Å². The zero-order valence-electron chi connectivity index (χ0n) is 34.8. The smallest absolute Gasteiger partial charge is 0.457 e. The summed E-state index contributed by atoms with van der Waals surface area (Å²) >= 11 is 0. The third kappa shape index (κ3) is 35.1. The van der Waals surface area contributed by atoms with Crippen molar-refractivity contribution in [2.75, 3.05) is 33.0 Å². The molecule has 0 spiro atoms. The Kier molecular flexibility index (Phi) is 35.1. The average molecular weight is 794 g/mol. The van der Waals surface area contributed by atoms with Gasteiger partial charge in [-0.05, 0) is 51.4 Å². The molecule has 0 amide bonds. The van der Waals surface area contributed by atoms with Crippen LogP contribution in [0.2, 0.25) is 0 Å². The van der Waals surface area contributed by atoms with Gasteiger partial charge in [0.05, 0.1) is 32.0 Å². The number of phosphoric acid groups is 1. The monoisotopic (exact) mass is 794 g/mol. The second kappa shape index (κ2) is 37.7. The van der Waals surface area contributed by atoms with Gasteiger partial charge in [-0.1, -0.05) is 171 Å². The molecule has 318 valence electrons. The summed E-state index contributed by atoms with van der Waals surface area (Å²) in [5, 5.41) is 0. The van der Waals surface area contributed by atoms with Crippen LogP contribution < -0.4 is 5.73 Å². The first-order valence-electron chi connectivity index (χ1n) is 21.9. The Hall–Kier alpha value is -1.84. The van der Waals surface area contributed by atoms with Gasteiger partial charge in [0.1, 0.15) is 6.10 Å². The number of esters is 1. The Morgan fingerprint density at radius 1 is 0.655 bits per heavy atom. The molecule has 55 heavy (non-hydrogen) atoms. The number of carbonyl (C=O) groups excluding carboxylic acids is 1. The molecule has 0 aromatic heterocycles. The van der Waals surface area contributed by atoms with Crippen molar-refractivity contribution in [2.24, 2.45) is 5.73 Å². The largest absolute Gasteiger partial charge is 0.472 e. The first kappa shape index (κ1) is 51.2. The molecule has 0 radical (unpaired) electrons. The zero-order valence-corrected chi connectivity index (χ0v) is 35.7. The number of epoxide rings is 1. The van der Waals surface area contributed by atoms with Crippen LogP contribution >= 0.6 is 7.82 Å². The van der Waals surface area contributed by atoms with Gasteiger partial charge >= 0.3 is 13.8 Å². The van der Waals surface area contributed by atoms with Crippen LogP contribution in [-0.4, -0.2) is 62.1 Å². The van der Waals surface area contributed by atoms with Gasteiger partial charge in [0, 0.05) is 19.6 Å². The number of ether oxygens (including phenoxy) is 3. The summed E-state index contributed by atoms with van der Waals surface area (Å²) in [4.78, 5) is 22.4. The van der Waals surface area contributed by atoms with E-state index >= 15 is 0 Å². The quantitative estimate of drug-likeness (QED) is 0.0205. The summed E-state index contributed by atoms with van der Waals surface area (Å²) in [6.07, 6.45) is 48.8. The third-order valence-corrected chi connectivity index (χ3v) is 10.4. The fourth-order valence-electron chi connectivity index (χ4n) is 6.09. The molecule has 4 unspecified atom stereocenters. The highest BCUT2D eigenvalue weighted by Crippen LogP contribution is 2.43. The van der Waals surface area contributed by atoms with Crippen molar-refractivity contribution >= 4 is 13.8 Å². The van der Waals surface area contributed by atoms with Gasteiger partial charge in [-0.25, -0.2) is 4.57 Å². The molecule has 0 aliphatic carbocycles. The number of hydrogen-bond acceptors (Lipinski definition) is 8. The molecule has 0 aromatic carbocycles. The first-order valence-corrected chi connectivity index (χ1v) is 23.4. The first-order chi connectivity index (χ1) is 26.9. The minimum Gasteiger partial charge on any atom is -0.457 e. The topological polar surface area (TPSA) is 130 Å². The van der Waals surface area contributed by atoms with E-state index < -0.39 is 19.9 Å². The lowest BCUT2D eigenvalue weighted by atomic mass is 10.0. The summed E-state index contributed by atoms with van der Waals surface area (Å²) in [7, 11) is -4.30. The number of nitrogens with two attached hydrogens (primary N) is 1. The summed E-state index contributed by atoms with van der Waals surface area (Å²) in [6.45, 7) is 4.72. The Morgan fingerprint density at radius 3 is 1.64 bits per heavy atom. The second-order valence-electron chi connectivity index (χ2n) is 14.6. The molecule has 1 saturated heterocycles. The SMILES string of the molecule is CCCCCCCCCCCCCCCCCCOCC(COP(=O)(O)OCCN)OC(=O)CC/C=C/C/C=C/C/C=C/C/C=C/C/C=C/CC1OC1CC. The van der Waals surface area contributed by atoms with E-state index in [9.17, 15) is 14.3 Å². The number of unbranched alkanes of at least 4 members (excludes halogenated alkanes) is 15. The van der Waals surface area contributed by atoms with Crippen LogP contribution in [0.3, 0.4) is 0 Å². The van der Waals surface area contributed by atoms with E-state index in [1.807, 2.05) is 12.2 Å². The number of hydrogen-bond donors (Lipinski definition) is 2. The summed E-state index contributed by atoms with van der Waals surface area (Å²) in [6, 6.07) is 0. The van der Waals surface area contributed by atoms with Crippen LogP contribution in [0.25, 0.3) is 0 Å². The normalized spacial score (nSPS) is 17.7. The Labute approximate surface area is 336 Å². The fraction of sp³-hybridized carbons (Fsp3) is 0.756. The molecule has 1 rings (SSSR count). The Morgan fingerprint density at radius 2 is 1.15 bits per heavy atom. The van der Waals surface area contributed by atoms with E-state index in [1.165, 1.54) is 89.9 Å². The molecule has 10 heteroatoms. The van der Waals surface area contributed by atoms with E-state index in [2.05, 4.69) is 62.5 Å². The second-order valence-corrected chi connectivity index (χ2v) is 16.0. The Bertz CT molecular complexity index is 1090. The molecule has 9 nitrogen and oxygen atoms in total. The van der Waals surface area contributed by atoms with Crippen molar-refractivity contribution in [3.8, 4) is 0 Å². The van der Waals surface area contributed by atoms with Crippen molar-refractivity contribution in [3.05, 3.63) is 60.8 Å². The van der Waals surface area contributed by atoms with Crippen LogP contribution in [0.5, 0.6) is 0 Å². The lowest BCUT2D eigenvalue weighted by Gasteiger charge is -2.20. The van der Waals surface area contributed by atoms with Crippen LogP contribution in [0.15, 0.2) is 60.8 Å². The molecule has 1 heterocycles. The zero-order chi connectivity index (χ0) is 39.9. The van der Waals surface area contributed by atoms with Gasteiger partial charge in [0.2, 0.25) is 0 Å². The Balaban J connectivity index is 2.16. The minimum absolute atomic E-state index is 0.0835. The van der Waals surface area contributed by atoms with Crippen molar-refractivity contribution in [3.63, 3.8) is 0 Å². The van der Waals surface area contributed by atoms with Crippen LogP contribution in [-0.2, 0) is 32.6 Å². The van der Waals surface area contributed by atoms with Gasteiger partial charge in [0.15, 0.2) is 0 Å². The molecular weight excluding hydrogens is 713 g/mol. The molecular formula is C45H80NO8P. The molecule has 4 atom stereocenters. The average Bonchev–Trinajstić information content (AvgIpc) is 3.95. The maximum atomic E-state index is 12.6. The maximum Gasteiger partial charge on any atom is 0.472 e. The molecule has 0 saturated carbocycles. The number of allylic oxidation sites excluding steroid dienone is 9. The van der Waals surface area contributed by atoms with Gasteiger partial charge in [-0.3, -0.25) is 13.8 Å². The number of rotatable bonds is 40. The number of phosphoric ester groups is 1. The summed E-state index contributed by atoms with van der Waals surface area (Å²) in [5.41, 5.74) is 5.36. The summed E-state index contributed by atoms with van der Waals surface area (Å²) in [5.74, 6) is -0.413. The minimum atomic E-state index is -4.30. The number of carbonyl (C=O) groups is 1. The summed E-state index contributed by atoms with van der Waals surface area (Å²) < 4.78 is 38.9. The standard InChI is InChI=1S/C45H80NO8P/c1-3-5-6-7-8-9-10-11-12-16-19-22-25-28-31-34-38-50-40-42(41-52-55(48,49)51-39-37-46)53-45(47)36-33-30-27-24-21-18-15-13-14-17-20-23-26-29-32-35-44-43(4-2)54-44/h13-14,18,20-21,23,27,29-30,32,42-44H,3-12,15-17,19,22,24-26,28,31,33-41,46H2,1-2H3,(H,48,49)/b14-13+,21-18+,23-20+,30-27+,32-29+. The maximum absolute atomic E-state index is 12.6. The van der Waals surface area contributed by atoms with Gasteiger partial charge in [-0.2, -0.15) is 0 Å². The van der Waals surface area contributed by atoms with E-state index in [-0.39, 0.29) is 32.8 Å². The van der Waals surface area contributed by atoms with Gasteiger partial charge in [0.25, 0.3) is 0 Å². The van der Waals surface area contributed by atoms with Crippen molar-refractivity contribution in [2.45, 2.75) is 186 Å². The molecule has 1 aliphatic rings. The van der Waals surface area contributed by atoms with Crippen LogP contribution in [0.1, 0.15) is 168 Å². The van der Waals surface area contributed by atoms with Crippen LogP contribution in [0.4, 0.5) is 0 Å². The lowest BCUT2D eigenvalue weighted by molar-refractivity contribution is -0.154. The molecule has 3 N–H and O–H groups in total. The molecule has 0 aromatic rings. The highest BCUT2D eigenvalue weighted by molar-refractivity contribution is 7.47. The van der Waals surface area contributed by atoms with Crippen LogP contribution in [0, 0.1) is 0 Å². The van der Waals surface area contributed by atoms with E-state index in [1.54, 1.807) is 0 Å². The predicted octanol–water partition coefficient (Wildman–Crippen LogP) is 12.0. The highest BCUT2D eigenvalue weighted by Gasteiger charge is 2.35. The van der Waals surface area contributed by atoms with Crippen molar-refractivity contribution < 1.29 is 37.5 Å². The van der Waals surface area contributed by atoms with Crippen molar-refractivity contribution in [1.82, 2.24) is 0 Å². The van der Waals surface area contributed by atoms with Crippen molar-refractivity contribution in [1.29, 1.82) is 0 Å². The van der Waals surface area contributed by atoms with E-state index in [0.29, 0.717) is 25.2 Å². The highest BCUT2D eigenvalue weighted by atomic mass is 31.2. The third-order valence-electron chi connectivity index (χ3n) is 9.44. The van der Waals surface area contributed by atoms with Gasteiger partial charge < -0.3 is 24.8 Å². The molecule has 0 bridgehead atoms. The van der Waals surface area contributed by atoms with E-state index in [4.69, 9.17) is 29.0 Å². The molecule has 1 aliphatic heterocycles. The fourth-order valence-corrected chi connectivity index (χ4v) is 6.86. The lowest BCUT2D eigenvalue weighted by Crippen LogP contribution is -2.28.